The second-order valence-corrected chi connectivity index (χ2v) is 7.83. The average Bonchev–Trinajstić information content (AvgIpc) is 2.18. The summed E-state index contributed by atoms with van der Waals surface area (Å²) in [6.45, 7) is 5.34. The summed E-state index contributed by atoms with van der Waals surface area (Å²) in [5.41, 5.74) is -1.50. The van der Waals surface area contributed by atoms with Crippen LogP contribution < -0.4 is 9.44 Å². The lowest BCUT2D eigenvalue weighted by atomic mass is 9.86. The van der Waals surface area contributed by atoms with Gasteiger partial charge in [-0.1, -0.05) is 32.1 Å². The summed E-state index contributed by atoms with van der Waals surface area (Å²) in [6.07, 6.45) is 6.28. The highest BCUT2D eigenvalue weighted by Gasteiger charge is 2.35. The van der Waals surface area contributed by atoms with E-state index in [1.54, 1.807) is 20.8 Å². The van der Waals surface area contributed by atoms with Gasteiger partial charge in [-0.3, -0.25) is 0 Å². The Balaban J connectivity index is 2.82. The third-order valence-electron chi connectivity index (χ3n) is 3.19. The molecule has 0 aromatic rings. The summed E-state index contributed by atoms with van der Waals surface area (Å²) in [4.78, 5) is 0. The maximum atomic E-state index is 12.1. The largest absolute Gasteiger partial charge is 0.278 e. The van der Waals surface area contributed by atoms with Gasteiger partial charge in [0.25, 0.3) is 10.2 Å². The normalized spacial score (nSPS) is 21.2. The molecule has 2 N–H and O–H groups in total. The Morgan fingerprint density at radius 3 is 1.95 bits per heavy atom. The van der Waals surface area contributed by atoms with Crippen molar-refractivity contribution in [1.82, 2.24) is 9.44 Å². The van der Waals surface area contributed by atoms with Crippen molar-refractivity contribution >= 4 is 10.2 Å². The third kappa shape index (κ3) is 5.89. The predicted molar refractivity (Wildman–Crippen MR) is 75.6 cm³/mol. The van der Waals surface area contributed by atoms with E-state index in [0.29, 0.717) is 12.8 Å². The molecule has 0 spiro atoms. The molecule has 0 aromatic heterocycles. The summed E-state index contributed by atoms with van der Waals surface area (Å²) in [7, 11) is -3.66. The molecule has 110 valence electrons. The molecule has 0 bridgehead atoms. The maximum absolute atomic E-state index is 12.1. The van der Waals surface area contributed by atoms with Crippen LogP contribution in [0.1, 0.15) is 65.7 Å². The Morgan fingerprint density at radius 2 is 1.53 bits per heavy atom. The van der Waals surface area contributed by atoms with Crippen molar-refractivity contribution in [2.45, 2.75) is 76.8 Å². The van der Waals surface area contributed by atoms with Crippen LogP contribution >= 0.6 is 0 Å². The van der Waals surface area contributed by atoms with E-state index < -0.39 is 21.3 Å². The van der Waals surface area contributed by atoms with Crippen molar-refractivity contribution in [1.29, 1.82) is 5.26 Å². The Bertz CT molecular complexity index is 424. The van der Waals surface area contributed by atoms with Gasteiger partial charge in [-0.25, -0.2) is 0 Å². The van der Waals surface area contributed by atoms with Crippen molar-refractivity contribution < 1.29 is 8.42 Å². The van der Waals surface area contributed by atoms with Gasteiger partial charge in [0.05, 0.1) is 6.07 Å². The first-order chi connectivity index (χ1) is 8.68. The van der Waals surface area contributed by atoms with Crippen molar-refractivity contribution in [2.75, 3.05) is 0 Å². The second kappa shape index (κ2) is 6.21. The molecule has 0 unspecified atom stereocenters. The molecule has 0 atom stereocenters. The summed E-state index contributed by atoms with van der Waals surface area (Å²) in [5.74, 6) is 0. The predicted octanol–water partition coefficient (Wildman–Crippen LogP) is 2.22. The van der Waals surface area contributed by atoms with Crippen LogP contribution in [0.2, 0.25) is 0 Å². The van der Waals surface area contributed by atoms with Gasteiger partial charge in [0.1, 0.15) is 5.54 Å². The number of rotatable bonds is 3. The molecule has 1 aliphatic rings. The molecule has 0 amide bonds. The molecule has 1 fully saturated rings. The van der Waals surface area contributed by atoms with Gasteiger partial charge in [-0.2, -0.15) is 23.1 Å². The highest BCUT2D eigenvalue weighted by molar-refractivity contribution is 7.87. The fourth-order valence-corrected chi connectivity index (χ4v) is 4.05. The van der Waals surface area contributed by atoms with Gasteiger partial charge in [0, 0.05) is 5.54 Å². The molecule has 0 aliphatic heterocycles. The first kappa shape index (κ1) is 16.4. The molecule has 6 heteroatoms. The van der Waals surface area contributed by atoms with Gasteiger partial charge in [0.15, 0.2) is 0 Å². The molecule has 1 saturated carbocycles. The molecule has 0 aromatic carbocycles. The molecule has 1 rings (SSSR count). The number of hydrogen-bond acceptors (Lipinski definition) is 3. The summed E-state index contributed by atoms with van der Waals surface area (Å²) >= 11 is 0. The van der Waals surface area contributed by atoms with Crippen LogP contribution in [0.3, 0.4) is 0 Å². The summed E-state index contributed by atoms with van der Waals surface area (Å²) < 4.78 is 29.3. The van der Waals surface area contributed by atoms with Crippen LogP contribution in [0, 0.1) is 11.3 Å². The standard InChI is InChI=1S/C13H25N3O2S/c1-12(2,3)15-19(17,18)16-13(11-14)9-7-5-4-6-8-10-13/h15-16H,4-10H2,1-3H3. The van der Waals surface area contributed by atoms with Gasteiger partial charge in [0.2, 0.25) is 0 Å². The zero-order valence-electron chi connectivity index (χ0n) is 12.1. The minimum absolute atomic E-state index is 0.551. The molecule has 19 heavy (non-hydrogen) atoms. The van der Waals surface area contributed by atoms with E-state index in [9.17, 15) is 13.7 Å². The van der Waals surface area contributed by atoms with Gasteiger partial charge in [-0.05, 0) is 33.6 Å². The Hall–Kier alpha value is -0.640. The number of nitrogens with one attached hydrogen (secondary N) is 2. The van der Waals surface area contributed by atoms with E-state index in [-0.39, 0.29) is 0 Å². The van der Waals surface area contributed by atoms with Gasteiger partial charge in [-0.15, -0.1) is 0 Å². The first-order valence-electron chi connectivity index (χ1n) is 6.92. The van der Waals surface area contributed by atoms with Crippen LogP contribution in [-0.2, 0) is 10.2 Å². The number of hydrogen-bond donors (Lipinski definition) is 2. The van der Waals surface area contributed by atoms with Gasteiger partial charge >= 0.3 is 0 Å². The molecular weight excluding hydrogens is 262 g/mol. The van der Waals surface area contributed by atoms with E-state index in [0.717, 1.165) is 25.7 Å². The third-order valence-corrected chi connectivity index (χ3v) is 4.73. The Labute approximate surface area is 117 Å². The minimum atomic E-state index is -3.66. The maximum Gasteiger partial charge on any atom is 0.278 e. The van der Waals surface area contributed by atoms with E-state index in [2.05, 4.69) is 15.5 Å². The lowest BCUT2D eigenvalue weighted by molar-refractivity contribution is 0.352. The molecule has 0 saturated heterocycles. The summed E-state index contributed by atoms with van der Waals surface area (Å²) in [5, 5.41) is 9.42. The van der Waals surface area contributed by atoms with Crippen LogP contribution in [0.5, 0.6) is 0 Å². The number of nitriles is 1. The molecular formula is C13H25N3O2S. The van der Waals surface area contributed by atoms with Crippen molar-refractivity contribution in [3.63, 3.8) is 0 Å². The van der Waals surface area contributed by atoms with Crippen molar-refractivity contribution in [3.8, 4) is 6.07 Å². The lowest BCUT2D eigenvalue weighted by Crippen LogP contribution is -2.55. The molecule has 1 aliphatic carbocycles. The fourth-order valence-electron chi connectivity index (χ4n) is 2.43. The van der Waals surface area contributed by atoms with E-state index in [4.69, 9.17) is 0 Å². The average molecular weight is 287 g/mol. The highest BCUT2D eigenvalue weighted by Crippen LogP contribution is 2.26. The topological polar surface area (TPSA) is 82.0 Å². The van der Waals surface area contributed by atoms with Crippen molar-refractivity contribution in [3.05, 3.63) is 0 Å². The number of nitrogens with zero attached hydrogens (tertiary/aromatic N) is 1. The fraction of sp³-hybridized carbons (Fsp3) is 0.923. The van der Waals surface area contributed by atoms with E-state index in [1.165, 1.54) is 6.42 Å². The van der Waals surface area contributed by atoms with Crippen molar-refractivity contribution in [2.24, 2.45) is 0 Å². The minimum Gasteiger partial charge on any atom is -0.197 e. The quantitative estimate of drug-likeness (QED) is 0.835. The van der Waals surface area contributed by atoms with Crippen LogP contribution in [-0.4, -0.2) is 19.5 Å². The SMILES string of the molecule is CC(C)(C)NS(=O)(=O)NC1(C#N)CCCCCCC1. The molecule has 0 radical (unpaired) electrons. The van der Waals surface area contributed by atoms with E-state index >= 15 is 0 Å². The second-order valence-electron chi connectivity index (χ2n) is 6.42. The zero-order valence-corrected chi connectivity index (χ0v) is 12.9. The van der Waals surface area contributed by atoms with Gasteiger partial charge < -0.3 is 0 Å². The smallest absolute Gasteiger partial charge is 0.197 e. The Kier molecular flexibility index (Phi) is 5.36. The molecule has 5 nitrogen and oxygen atoms in total. The van der Waals surface area contributed by atoms with Crippen LogP contribution in [0.15, 0.2) is 0 Å². The Morgan fingerprint density at radius 1 is 1.05 bits per heavy atom. The monoisotopic (exact) mass is 287 g/mol. The highest BCUT2D eigenvalue weighted by atomic mass is 32.2. The zero-order chi connectivity index (χ0) is 14.6. The lowest BCUT2D eigenvalue weighted by Gasteiger charge is -2.31. The van der Waals surface area contributed by atoms with E-state index in [1.807, 2.05) is 0 Å². The molecule has 0 heterocycles. The summed E-state index contributed by atoms with van der Waals surface area (Å²) in [6, 6.07) is 2.20. The first-order valence-corrected chi connectivity index (χ1v) is 8.41. The van der Waals surface area contributed by atoms with Crippen LogP contribution in [0.4, 0.5) is 0 Å². The van der Waals surface area contributed by atoms with Crippen LogP contribution in [0.25, 0.3) is 0 Å².